The van der Waals surface area contributed by atoms with Crippen LogP contribution in [0.1, 0.15) is 13.3 Å². The van der Waals surface area contributed by atoms with Gasteiger partial charge in [-0.15, -0.1) is 0 Å². The van der Waals surface area contributed by atoms with E-state index in [4.69, 9.17) is 0 Å². The highest BCUT2D eigenvalue weighted by Gasteiger charge is 1.98. The lowest BCUT2D eigenvalue weighted by molar-refractivity contribution is 0.680. The summed E-state index contributed by atoms with van der Waals surface area (Å²) in [5, 5.41) is 17.4. The second kappa shape index (κ2) is 5.47. The fraction of sp³-hybridized carbons (Fsp3) is 0.857. The average Bonchev–Trinajstić information content (AvgIpc) is 2.52. The molecule has 0 spiro atoms. The Balaban J connectivity index is 2.10. The molecule has 6 heteroatoms. The number of hydrogen-bond acceptors (Lipinski definition) is 5. The summed E-state index contributed by atoms with van der Waals surface area (Å²) in [5.41, 5.74) is 0. The monoisotopic (exact) mass is 184 g/mol. The first kappa shape index (κ1) is 9.91. The van der Waals surface area contributed by atoms with E-state index >= 15 is 0 Å². The predicted molar refractivity (Wildman–Crippen MR) is 50.4 cm³/mol. The van der Waals surface area contributed by atoms with Gasteiger partial charge in [-0.3, -0.25) is 0 Å². The van der Waals surface area contributed by atoms with Gasteiger partial charge >= 0.3 is 0 Å². The zero-order valence-corrected chi connectivity index (χ0v) is 8.12. The summed E-state index contributed by atoms with van der Waals surface area (Å²) in [6.07, 6.45) is 1.07. The molecule has 13 heavy (non-hydrogen) atoms. The van der Waals surface area contributed by atoms with Crippen molar-refractivity contribution in [2.24, 2.45) is 7.05 Å². The van der Waals surface area contributed by atoms with E-state index in [-0.39, 0.29) is 0 Å². The van der Waals surface area contributed by atoms with Gasteiger partial charge in [0.15, 0.2) is 0 Å². The zero-order valence-electron chi connectivity index (χ0n) is 8.12. The van der Waals surface area contributed by atoms with E-state index in [1.54, 1.807) is 4.68 Å². The van der Waals surface area contributed by atoms with Crippen molar-refractivity contribution < 1.29 is 0 Å². The third kappa shape index (κ3) is 3.37. The molecule has 6 nitrogen and oxygen atoms in total. The third-order valence-electron chi connectivity index (χ3n) is 1.68. The van der Waals surface area contributed by atoms with Gasteiger partial charge in [0.25, 0.3) is 0 Å². The minimum absolute atomic E-state index is 0.719. The predicted octanol–water partition coefficient (Wildman–Crippen LogP) is -0.378. The SMILES string of the molecule is CCNCCCNc1nnnn1C. The van der Waals surface area contributed by atoms with Crippen molar-refractivity contribution >= 4 is 5.95 Å². The highest BCUT2D eigenvalue weighted by Crippen LogP contribution is 1.94. The molecule has 2 N–H and O–H groups in total. The second-order valence-electron chi connectivity index (χ2n) is 2.76. The lowest BCUT2D eigenvalue weighted by atomic mass is 10.4. The fourth-order valence-electron chi connectivity index (χ4n) is 0.970. The van der Waals surface area contributed by atoms with Gasteiger partial charge in [-0.05, 0) is 29.9 Å². The van der Waals surface area contributed by atoms with E-state index < -0.39 is 0 Å². The number of hydrogen-bond donors (Lipinski definition) is 2. The topological polar surface area (TPSA) is 67.7 Å². The maximum absolute atomic E-state index is 3.80. The highest BCUT2D eigenvalue weighted by atomic mass is 15.6. The van der Waals surface area contributed by atoms with E-state index in [1.807, 2.05) is 7.05 Å². The summed E-state index contributed by atoms with van der Waals surface area (Å²) in [6, 6.07) is 0. The molecule has 1 rings (SSSR count). The summed E-state index contributed by atoms with van der Waals surface area (Å²) in [5.74, 6) is 0.719. The van der Waals surface area contributed by atoms with Crippen molar-refractivity contribution in [2.75, 3.05) is 25.0 Å². The van der Waals surface area contributed by atoms with Gasteiger partial charge in [0.1, 0.15) is 0 Å². The van der Waals surface area contributed by atoms with Crippen LogP contribution in [0.25, 0.3) is 0 Å². The molecule has 0 aliphatic rings. The smallest absolute Gasteiger partial charge is 0.242 e. The number of aromatic nitrogens is 4. The Morgan fingerprint density at radius 2 is 2.23 bits per heavy atom. The molecule has 0 atom stereocenters. The number of nitrogens with zero attached hydrogens (tertiary/aromatic N) is 4. The normalized spacial score (nSPS) is 10.3. The largest absolute Gasteiger partial charge is 0.353 e. The van der Waals surface area contributed by atoms with Gasteiger partial charge < -0.3 is 10.6 Å². The van der Waals surface area contributed by atoms with Crippen molar-refractivity contribution in [1.29, 1.82) is 0 Å². The van der Waals surface area contributed by atoms with Crippen LogP contribution in [0.2, 0.25) is 0 Å². The van der Waals surface area contributed by atoms with Crippen molar-refractivity contribution in [2.45, 2.75) is 13.3 Å². The Morgan fingerprint density at radius 3 is 2.85 bits per heavy atom. The molecular weight excluding hydrogens is 168 g/mol. The van der Waals surface area contributed by atoms with E-state index in [9.17, 15) is 0 Å². The Kier molecular flexibility index (Phi) is 4.17. The van der Waals surface area contributed by atoms with Crippen LogP contribution in [-0.2, 0) is 7.05 Å². The van der Waals surface area contributed by atoms with Crippen LogP contribution < -0.4 is 10.6 Å². The van der Waals surface area contributed by atoms with Gasteiger partial charge in [-0.2, -0.15) is 0 Å². The number of nitrogens with one attached hydrogen (secondary N) is 2. The van der Waals surface area contributed by atoms with Crippen LogP contribution in [0, 0.1) is 0 Å². The van der Waals surface area contributed by atoms with Crippen molar-refractivity contribution in [3.8, 4) is 0 Å². The van der Waals surface area contributed by atoms with Crippen molar-refractivity contribution in [1.82, 2.24) is 25.5 Å². The first-order valence-corrected chi connectivity index (χ1v) is 4.51. The summed E-state index contributed by atoms with van der Waals surface area (Å²) in [7, 11) is 1.81. The van der Waals surface area contributed by atoms with E-state index in [2.05, 4.69) is 33.1 Å². The lowest BCUT2D eigenvalue weighted by Crippen LogP contribution is -2.18. The molecule has 0 unspecified atom stereocenters. The van der Waals surface area contributed by atoms with Gasteiger partial charge in [0.05, 0.1) is 0 Å². The first-order chi connectivity index (χ1) is 6.34. The Morgan fingerprint density at radius 1 is 1.38 bits per heavy atom. The molecule has 74 valence electrons. The van der Waals surface area contributed by atoms with Crippen LogP contribution in [0.3, 0.4) is 0 Å². The summed E-state index contributed by atoms with van der Waals surface area (Å²) in [6.45, 7) is 5.03. The van der Waals surface area contributed by atoms with E-state index in [0.29, 0.717) is 0 Å². The van der Waals surface area contributed by atoms with E-state index in [1.165, 1.54) is 0 Å². The second-order valence-corrected chi connectivity index (χ2v) is 2.76. The number of anilines is 1. The van der Waals surface area contributed by atoms with Crippen LogP contribution in [0.4, 0.5) is 5.95 Å². The Bertz CT molecular complexity index is 233. The van der Waals surface area contributed by atoms with Crippen LogP contribution in [-0.4, -0.2) is 39.8 Å². The summed E-state index contributed by atoms with van der Waals surface area (Å²) >= 11 is 0. The van der Waals surface area contributed by atoms with Crippen molar-refractivity contribution in [3.05, 3.63) is 0 Å². The highest BCUT2D eigenvalue weighted by molar-refractivity contribution is 5.20. The summed E-state index contributed by atoms with van der Waals surface area (Å²) < 4.78 is 1.62. The maximum Gasteiger partial charge on any atom is 0.242 e. The minimum atomic E-state index is 0.719. The van der Waals surface area contributed by atoms with E-state index in [0.717, 1.165) is 32.0 Å². The number of aryl methyl sites for hydroxylation is 1. The molecule has 1 heterocycles. The molecule has 0 aromatic carbocycles. The van der Waals surface area contributed by atoms with Crippen molar-refractivity contribution in [3.63, 3.8) is 0 Å². The number of rotatable bonds is 6. The molecule has 1 aromatic rings. The van der Waals surface area contributed by atoms with Gasteiger partial charge in [-0.25, -0.2) is 4.68 Å². The quantitative estimate of drug-likeness (QED) is 0.590. The van der Waals surface area contributed by atoms with Gasteiger partial charge in [-0.1, -0.05) is 12.0 Å². The van der Waals surface area contributed by atoms with Gasteiger partial charge in [0, 0.05) is 13.6 Å². The Labute approximate surface area is 77.7 Å². The van der Waals surface area contributed by atoms with Gasteiger partial charge in [0.2, 0.25) is 5.95 Å². The number of tetrazole rings is 1. The lowest BCUT2D eigenvalue weighted by Gasteiger charge is -2.03. The average molecular weight is 184 g/mol. The van der Waals surface area contributed by atoms with Crippen LogP contribution in [0.15, 0.2) is 0 Å². The molecule has 0 aliphatic heterocycles. The molecule has 0 bridgehead atoms. The van der Waals surface area contributed by atoms with Crippen LogP contribution >= 0.6 is 0 Å². The molecular formula is C7H16N6. The molecule has 0 aliphatic carbocycles. The molecule has 0 radical (unpaired) electrons. The molecule has 1 aromatic heterocycles. The molecule has 0 fully saturated rings. The third-order valence-corrected chi connectivity index (χ3v) is 1.68. The summed E-state index contributed by atoms with van der Waals surface area (Å²) in [4.78, 5) is 0. The molecule has 0 saturated carbocycles. The Hall–Kier alpha value is -1.17. The minimum Gasteiger partial charge on any atom is -0.353 e. The maximum atomic E-state index is 3.80. The molecule has 0 amide bonds. The van der Waals surface area contributed by atoms with Crippen LogP contribution in [0.5, 0.6) is 0 Å². The zero-order chi connectivity index (χ0) is 9.52. The molecule has 0 saturated heterocycles. The first-order valence-electron chi connectivity index (χ1n) is 4.51. The standard InChI is InChI=1S/C7H16N6/c1-3-8-5-4-6-9-7-10-11-12-13(7)2/h8H,3-6H2,1-2H3,(H,9,10,12). The fourth-order valence-corrected chi connectivity index (χ4v) is 0.970.